The molecule has 0 aromatic heterocycles. The fourth-order valence-electron chi connectivity index (χ4n) is 3.32. The molecule has 0 bridgehead atoms. The third kappa shape index (κ3) is 4.07. The standard InChI is InChI=1S/C18H24N4O4/c1-26-15-5-3-2-4-13(15)11-22-12-14(10-16(22)23)17(24)19-6-8-21-9-7-20-18(21)25/h2-5,14H,6-12H2,1H3,(H,19,24)(H,20,25)/t14-/m1/s1. The SMILES string of the molecule is COc1ccccc1CN1C[C@H](C(=O)NCCN2CCNC2=O)CC1=O. The van der Waals surface area contributed by atoms with Gasteiger partial charge in [0.05, 0.1) is 13.0 Å². The second-order valence-electron chi connectivity index (χ2n) is 6.50. The molecule has 0 saturated carbocycles. The maximum Gasteiger partial charge on any atom is 0.317 e. The van der Waals surface area contributed by atoms with Crippen LogP contribution in [0.1, 0.15) is 12.0 Å². The molecule has 0 radical (unpaired) electrons. The molecule has 140 valence electrons. The van der Waals surface area contributed by atoms with E-state index in [0.29, 0.717) is 39.3 Å². The summed E-state index contributed by atoms with van der Waals surface area (Å²) >= 11 is 0. The summed E-state index contributed by atoms with van der Waals surface area (Å²) in [4.78, 5) is 39.4. The quantitative estimate of drug-likeness (QED) is 0.726. The number of likely N-dealkylation sites (tertiary alicyclic amines) is 1. The van der Waals surface area contributed by atoms with Gasteiger partial charge in [0, 0.05) is 51.3 Å². The van der Waals surface area contributed by atoms with E-state index in [4.69, 9.17) is 4.74 Å². The van der Waals surface area contributed by atoms with E-state index in [1.165, 1.54) is 0 Å². The summed E-state index contributed by atoms with van der Waals surface area (Å²) in [5.41, 5.74) is 0.921. The van der Waals surface area contributed by atoms with Crippen LogP contribution in [0.3, 0.4) is 0 Å². The van der Waals surface area contributed by atoms with E-state index in [1.807, 2.05) is 24.3 Å². The van der Waals surface area contributed by atoms with Gasteiger partial charge in [-0.1, -0.05) is 18.2 Å². The number of hydrogen-bond acceptors (Lipinski definition) is 4. The van der Waals surface area contributed by atoms with Crippen LogP contribution in [0.5, 0.6) is 5.75 Å². The number of benzene rings is 1. The first-order chi connectivity index (χ1) is 12.6. The number of carbonyl (C=O) groups excluding carboxylic acids is 3. The zero-order valence-corrected chi connectivity index (χ0v) is 14.9. The molecule has 0 unspecified atom stereocenters. The van der Waals surface area contributed by atoms with Crippen LogP contribution < -0.4 is 15.4 Å². The highest BCUT2D eigenvalue weighted by Crippen LogP contribution is 2.24. The molecular weight excluding hydrogens is 336 g/mol. The van der Waals surface area contributed by atoms with Crippen molar-refractivity contribution in [3.8, 4) is 5.75 Å². The fourth-order valence-corrected chi connectivity index (χ4v) is 3.32. The third-order valence-corrected chi connectivity index (χ3v) is 4.77. The number of carbonyl (C=O) groups is 3. The number of hydrogen-bond donors (Lipinski definition) is 2. The molecular formula is C18H24N4O4. The highest BCUT2D eigenvalue weighted by Gasteiger charge is 2.34. The van der Waals surface area contributed by atoms with Crippen molar-refractivity contribution in [2.24, 2.45) is 5.92 Å². The van der Waals surface area contributed by atoms with Crippen LogP contribution in [-0.2, 0) is 16.1 Å². The number of methoxy groups -OCH3 is 1. The van der Waals surface area contributed by atoms with E-state index in [1.54, 1.807) is 16.9 Å². The molecule has 1 atom stereocenters. The van der Waals surface area contributed by atoms with Crippen LogP contribution in [0, 0.1) is 5.92 Å². The van der Waals surface area contributed by atoms with E-state index in [0.717, 1.165) is 11.3 Å². The van der Waals surface area contributed by atoms with Gasteiger partial charge < -0.3 is 25.2 Å². The van der Waals surface area contributed by atoms with Crippen LogP contribution in [-0.4, -0.2) is 67.5 Å². The van der Waals surface area contributed by atoms with E-state index >= 15 is 0 Å². The Morgan fingerprint density at radius 1 is 1.31 bits per heavy atom. The van der Waals surface area contributed by atoms with Crippen LogP contribution in [0.2, 0.25) is 0 Å². The van der Waals surface area contributed by atoms with Gasteiger partial charge in [-0.3, -0.25) is 9.59 Å². The Morgan fingerprint density at radius 2 is 2.12 bits per heavy atom. The van der Waals surface area contributed by atoms with Crippen molar-refractivity contribution < 1.29 is 19.1 Å². The lowest BCUT2D eigenvalue weighted by molar-refractivity contribution is -0.129. The summed E-state index contributed by atoms with van der Waals surface area (Å²) in [7, 11) is 1.60. The average molecular weight is 360 g/mol. The minimum absolute atomic E-state index is 0.0324. The highest BCUT2D eigenvalue weighted by atomic mass is 16.5. The minimum atomic E-state index is -0.357. The summed E-state index contributed by atoms with van der Waals surface area (Å²) in [6.45, 7) is 2.99. The van der Waals surface area contributed by atoms with Gasteiger partial charge in [0.25, 0.3) is 0 Å². The first kappa shape index (κ1) is 18.0. The Bertz CT molecular complexity index is 694. The molecule has 2 aliphatic heterocycles. The Morgan fingerprint density at radius 3 is 2.85 bits per heavy atom. The smallest absolute Gasteiger partial charge is 0.317 e. The van der Waals surface area contributed by atoms with Crippen molar-refractivity contribution in [3.63, 3.8) is 0 Å². The first-order valence-electron chi connectivity index (χ1n) is 8.78. The zero-order valence-electron chi connectivity index (χ0n) is 14.9. The maximum absolute atomic E-state index is 12.3. The van der Waals surface area contributed by atoms with E-state index in [-0.39, 0.29) is 30.2 Å². The van der Waals surface area contributed by atoms with Gasteiger partial charge >= 0.3 is 6.03 Å². The van der Waals surface area contributed by atoms with Gasteiger partial charge in [0.1, 0.15) is 5.75 Å². The summed E-state index contributed by atoms with van der Waals surface area (Å²) < 4.78 is 5.32. The number of ether oxygens (including phenoxy) is 1. The number of nitrogens with one attached hydrogen (secondary N) is 2. The Hall–Kier alpha value is -2.77. The summed E-state index contributed by atoms with van der Waals surface area (Å²) in [6, 6.07) is 7.45. The Balaban J connectivity index is 1.49. The van der Waals surface area contributed by atoms with Gasteiger partial charge in [-0.15, -0.1) is 0 Å². The maximum atomic E-state index is 12.3. The van der Waals surface area contributed by atoms with Gasteiger partial charge in [-0.2, -0.15) is 0 Å². The minimum Gasteiger partial charge on any atom is -0.496 e. The normalized spacial score (nSPS) is 19.7. The molecule has 8 nitrogen and oxygen atoms in total. The molecule has 3 rings (SSSR count). The number of rotatable bonds is 7. The predicted octanol–water partition coefficient (Wildman–Crippen LogP) is 0.185. The fraction of sp³-hybridized carbons (Fsp3) is 0.500. The summed E-state index contributed by atoms with van der Waals surface area (Å²) in [5.74, 6) is 0.206. The van der Waals surface area contributed by atoms with Crippen molar-refractivity contribution in [3.05, 3.63) is 29.8 Å². The van der Waals surface area contributed by atoms with Crippen LogP contribution in [0.15, 0.2) is 24.3 Å². The van der Waals surface area contributed by atoms with Crippen molar-refractivity contribution in [1.82, 2.24) is 20.4 Å². The third-order valence-electron chi connectivity index (χ3n) is 4.77. The molecule has 1 aromatic rings. The van der Waals surface area contributed by atoms with E-state index in [2.05, 4.69) is 10.6 Å². The average Bonchev–Trinajstić information content (AvgIpc) is 3.21. The lowest BCUT2D eigenvalue weighted by Crippen LogP contribution is -2.39. The van der Waals surface area contributed by atoms with Crippen molar-refractivity contribution >= 4 is 17.8 Å². The lowest BCUT2D eigenvalue weighted by Gasteiger charge is -2.19. The van der Waals surface area contributed by atoms with E-state index < -0.39 is 0 Å². The molecule has 1 aromatic carbocycles. The molecule has 26 heavy (non-hydrogen) atoms. The first-order valence-corrected chi connectivity index (χ1v) is 8.78. The molecule has 0 aliphatic carbocycles. The number of urea groups is 1. The Kier molecular flexibility index (Phi) is 5.60. The highest BCUT2D eigenvalue weighted by molar-refractivity contribution is 5.89. The monoisotopic (exact) mass is 360 g/mol. The molecule has 2 heterocycles. The van der Waals surface area contributed by atoms with Crippen molar-refractivity contribution in [1.29, 1.82) is 0 Å². The van der Waals surface area contributed by atoms with Gasteiger partial charge in [-0.05, 0) is 6.07 Å². The zero-order chi connectivity index (χ0) is 18.5. The molecule has 8 heteroatoms. The largest absolute Gasteiger partial charge is 0.496 e. The topological polar surface area (TPSA) is 91.0 Å². The van der Waals surface area contributed by atoms with Gasteiger partial charge in [-0.25, -0.2) is 4.79 Å². The van der Waals surface area contributed by atoms with Crippen molar-refractivity contribution in [2.45, 2.75) is 13.0 Å². The summed E-state index contributed by atoms with van der Waals surface area (Å²) in [6.07, 6.45) is 0.213. The molecule has 2 fully saturated rings. The van der Waals surface area contributed by atoms with E-state index in [9.17, 15) is 14.4 Å². The van der Waals surface area contributed by atoms with Crippen LogP contribution in [0.25, 0.3) is 0 Å². The van der Waals surface area contributed by atoms with Crippen molar-refractivity contribution in [2.75, 3.05) is 39.8 Å². The predicted molar refractivity (Wildman–Crippen MR) is 94.5 cm³/mol. The molecule has 4 amide bonds. The van der Waals surface area contributed by atoms with Gasteiger partial charge in [0.2, 0.25) is 11.8 Å². The molecule has 0 spiro atoms. The van der Waals surface area contributed by atoms with Crippen LogP contribution in [0.4, 0.5) is 4.79 Å². The lowest BCUT2D eigenvalue weighted by atomic mass is 10.1. The molecule has 2 N–H and O–H groups in total. The van der Waals surface area contributed by atoms with Gasteiger partial charge in [0.15, 0.2) is 0 Å². The second kappa shape index (κ2) is 8.07. The molecule has 2 aliphatic rings. The van der Waals surface area contributed by atoms with Crippen LogP contribution >= 0.6 is 0 Å². The summed E-state index contributed by atoms with van der Waals surface area (Å²) in [5, 5.41) is 5.56. The number of nitrogens with zero attached hydrogens (tertiary/aromatic N) is 2. The Labute approximate surface area is 152 Å². The molecule has 2 saturated heterocycles. The number of amides is 4. The second-order valence-corrected chi connectivity index (χ2v) is 6.50. The number of para-hydroxylation sites is 1.